The zero-order valence-corrected chi connectivity index (χ0v) is 14.4. The molecule has 0 aliphatic heterocycles. The lowest BCUT2D eigenvalue weighted by atomic mass is 10.2. The standard InChI is InChI=1S/C18H19N7/c1-4-14-15(6-5-12(2)22-14)23-17-18-20-10-16(25(18)8-7-19-17)13-9-21-24(3)11-13/h5-11H,4H2,1-3H3,(H,19,23). The quantitative estimate of drug-likeness (QED) is 0.621. The van der Waals surface area contributed by atoms with Gasteiger partial charge in [-0.15, -0.1) is 0 Å². The van der Waals surface area contributed by atoms with Gasteiger partial charge in [-0.2, -0.15) is 5.10 Å². The normalized spacial score (nSPS) is 11.2. The smallest absolute Gasteiger partial charge is 0.180 e. The first-order valence-electron chi connectivity index (χ1n) is 8.20. The lowest BCUT2D eigenvalue weighted by molar-refractivity contribution is 0.768. The van der Waals surface area contributed by atoms with Gasteiger partial charge in [-0.05, 0) is 25.5 Å². The summed E-state index contributed by atoms with van der Waals surface area (Å²) in [5.74, 6) is 0.706. The van der Waals surface area contributed by atoms with Crippen LogP contribution in [0.15, 0.2) is 43.1 Å². The first kappa shape index (κ1) is 15.3. The van der Waals surface area contributed by atoms with Crippen LogP contribution in [0.2, 0.25) is 0 Å². The Morgan fingerprint density at radius 3 is 2.80 bits per heavy atom. The molecular formula is C18H19N7. The van der Waals surface area contributed by atoms with Gasteiger partial charge in [-0.1, -0.05) is 6.92 Å². The molecule has 7 nitrogen and oxygen atoms in total. The molecule has 0 atom stereocenters. The van der Waals surface area contributed by atoms with Crippen molar-refractivity contribution in [1.82, 2.24) is 29.1 Å². The van der Waals surface area contributed by atoms with E-state index in [4.69, 9.17) is 0 Å². The first-order valence-corrected chi connectivity index (χ1v) is 8.20. The Morgan fingerprint density at radius 1 is 1.16 bits per heavy atom. The maximum atomic E-state index is 4.59. The zero-order chi connectivity index (χ0) is 17.4. The monoisotopic (exact) mass is 333 g/mol. The van der Waals surface area contributed by atoms with Gasteiger partial charge in [-0.25, -0.2) is 9.97 Å². The summed E-state index contributed by atoms with van der Waals surface area (Å²) in [6.45, 7) is 4.09. The minimum absolute atomic E-state index is 0.706. The van der Waals surface area contributed by atoms with E-state index in [-0.39, 0.29) is 0 Å². The van der Waals surface area contributed by atoms with Gasteiger partial charge in [0, 0.05) is 36.9 Å². The van der Waals surface area contributed by atoms with Gasteiger partial charge in [-0.3, -0.25) is 14.1 Å². The van der Waals surface area contributed by atoms with Crippen molar-refractivity contribution in [2.75, 3.05) is 5.32 Å². The average Bonchev–Trinajstić information content (AvgIpc) is 3.23. The third-order valence-corrected chi connectivity index (χ3v) is 4.13. The summed E-state index contributed by atoms with van der Waals surface area (Å²) in [5, 5.41) is 7.62. The average molecular weight is 333 g/mol. The number of aromatic nitrogens is 6. The number of hydrogen-bond acceptors (Lipinski definition) is 5. The van der Waals surface area contributed by atoms with E-state index in [1.54, 1.807) is 10.9 Å². The summed E-state index contributed by atoms with van der Waals surface area (Å²) in [4.78, 5) is 13.6. The molecule has 0 fully saturated rings. The number of fused-ring (bicyclic) bond motifs is 1. The molecule has 4 rings (SSSR count). The van der Waals surface area contributed by atoms with Crippen LogP contribution in [0.5, 0.6) is 0 Å². The Hall–Kier alpha value is -3.22. The lowest BCUT2D eigenvalue weighted by Gasteiger charge is -2.11. The maximum Gasteiger partial charge on any atom is 0.180 e. The third-order valence-electron chi connectivity index (χ3n) is 4.13. The van der Waals surface area contributed by atoms with E-state index in [0.29, 0.717) is 5.82 Å². The van der Waals surface area contributed by atoms with Gasteiger partial charge in [0.25, 0.3) is 0 Å². The largest absolute Gasteiger partial charge is 0.336 e. The molecule has 0 saturated carbocycles. The van der Waals surface area contributed by atoms with Crippen LogP contribution in [0.3, 0.4) is 0 Å². The highest BCUT2D eigenvalue weighted by atomic mass is 15.2. The summed E-state index contributed by atoms with van der Waals surface area (Å²) >= 11 is 0. The lowest BCUT2D eigenvalue weighted by Crippen LogP contribution is -2.03. The minimum Gasteiger partial charge on any atom is -0.336 e. The molecule has 7 heteroatoms. The van der Waals surface area contributed by atoms with Crippen molar-refractivity contribution in [3.8, 4) is 11.3 Å². The molecule has 0 aliphatic rings. The van der Waals surface area contributed by atoms with E-state index in [0.717, 1.165) is 40.4 Å². The molecule has 4 aromatic rings. The predicted molar refractivity (Wildman–Crippen MR) is 96.8 cm³/mol. The summed E-state index contributed by atoms with van der Waals surface area (Å²) in [6, 6.07) is 4.03. The molecule has 4 aromatic heterocycles. The Balaban J connectivity index is 1.78. The molecule has 0 spiro atoms. The second-order valence-electron chi connectivity index (χ2n) is 5.94. The fourth-order valence-electron chi connectivity index (χ4n) is 2.90. The molecule has 1 N–H and O–H groups in total. The van der Waals surface area contributed by atoms with Gasteiger partial charge < -0.3 is 5.32 Å². The van der Waals surface area contributed by atoms with Gasteiger partial charge >= 0.3 is 0 Å². The molecule has 0 bridgehead atoms. The Bertz CT molecular complexity index is 1040. The van der Waals surface area contributed by atoms with Gasteiger partial charge in [0.1, 0.15) is 0 Å². The van der Waals surface area contributed by atoms with Crippen molar-refractivity contribution < 1.29 is 0 Å². The van der Waals surface area contributed by atoms with Crippen molar-refractivity contribution in [2.45, 2.75) is 20.3 Å². The number of aryl methyl sites for hydroxylation is 3. The number of hydrogen-bond donors (Lipinski definition) is 1. The number of rotatable bonds is 4. The second-order valence-corrected chi connectivity index (χ2v) is 5.94. The van der Waals surface area contributed by atoms with Crippen LogP contribution in [0.4, 0.5) is 11.5 Å². The minimum atomic E-state index is 0.706. The van der Waals surface area contributed by atoms with Gasteiger partial charge in [0.05, 0.1) is 29.5 Å². The number of imidazole rings is 1. The van der Waals surface area contributed by atoms with Crippen molar-refractivity contribution >= 4 is 17.2 Å². The third kappa shape index (κ3) is 2.73. The van der Waals surface area contributed by atoms with Gasteiger partial charge in [0.15, 0.2) is 11.5 Å². The van der Waals surface area contributed by atoms with Crippen molar-refractivity contribution in [3.05, 3.63) is 54.5 Å². The van der Waals surface area contributed by atoms with Crippen LogP contribution < -0.4 is 5.32 Å². The Morgan fingerprint density at radius 2 is 2.04 bits per heavy atom. The van der Waals surface area contributed by atoms with E-state index in [2.05, 4.69) is 32.3 Å². The van der Waals surface area contributed by atoms with Crippen LogP contribution in [-0.2, 0) is 13.5 Å². The van der Waals surface area contributed by atoms with E-state index in [1.165, 1.54) is 0 Å². The SMILES string of the molecule is CCc1nc(C)ccc1Nc1nccn2c(-c3cnn(C)c3)cnc12. The highest BCUT2D eigenvalue weighted by Crippen LogP contribution is 2.26. The maximum absolute atomic E-state index is 4.59. The summed E-state index contributed by atoms with van der Waals surface area (Å²) in [5.41, 5.74) is 5.74. The molecule has 0 radical (unpaired) electrons. The van der Waals surface area contributed by atoms with Gasteiger partial charge in [0.2, 0.25) is 0 Å². The molecule has 25 heavy (non-hydrogen) atoms. The number of nitrogens with zero attached hydrogens (tertiary/aromatic N) is 6. The highest BCUT2D eigenvalue weighted by Gasteiger charge is 2.13. The highest BCUT2D eigenvalue weighted by molar-refractivity contribution is 5.74. The molecular weight excluding hydrogens is 314 g/mol. The first-order chi connectivity index (χ1) is 12.2. The van der Waals surface area contributed by atoms with E-state index >= 15 is 0 Å². The number of nitrogens with one attached hydrogen (secondary N) is 1. The fourth-order valence-corrected chi connectivity index (χ4v) is 2.90. The Labute approximate surface area is 145 Å². The van der Waals surface area contributed by atoms with Crippen LogP contribution in [0.1, 0.15) is 18.3 Å². The van der Waals surface area contributed by atoms with Crippen LogP contribution in [0, 0.1) is 6.92 Å². The van der Waals surface area contributed by atoms with Crippen LogP contribution in [0.25, 0.3) is 16.9 Å². The fraction of sp³-hybridized carbons (Fsp3) is 0.222. The van der Waals surface area contributed by atoms with Crippen LogP contribution >= 0.6 is 0 Å². The van der Waals surface area contributed by atoms with E-state index < -0.39 is 0 Å². The molecule has 0 saturated heterocycles. The second kappa shape index (κ2) is 6.01. The summed E-state index contributed by atoms with van der Waals surface area (Å²) in [6.07, 6.45) is 10.2. The molecule has 0 aromatic carbocycles. The predicted octanol–water partition coefficient (Wildman–Crippen LogP) is 3.14. The molecule has 0 amide bonds. The van der Waals surface area contributed by atoms with Crippen LogP contribution in [-0.4, -0.2) is 29.1 Å². The van der Waals surface area contributed by atoms with Crippen molar-refractivity contribution in [1.29, 1.82) is 0 Å². The molecule has 0 aliphatic carbocycles. The van der Waals surface area contributed by atoms with Crippen molar-refractivity contribution in [3.63, 3.8) is 0 Å². The number of pyridine rings is 1. The van der Waals surface area contributed by atoms with Crippen molar-refractivity contribution in [2.24, 2.45) is 7.05 Å². The topological polar surface area (TPSA) is 72.9 Å². The molecule has 0 unspecified atom stereocenters. The summed E-state index contributed by atoms with van der Waals surface area (Å²) in [7, 11) is 1.90. The van der Waals surface area contributed by atoms with E-state index in [1.807, 2.05) is 55.3 Å². The molecule has 126 valence electrons. The summed E-state index contributed by atoms with van der Waals surface area (Å²) < 4.78 is 3.79. The zero-order valence-electron chi connectivity index (χ0n) is 14.4. The molecule has 4 heterocycles. The van der Waals surface area contributed by atoms with E-state index in [9.17, 15) is 0 Å². The number of anilines is 2. The Kier molecular flexibility index (Phi) is 3.68.